The van der Waals surface area contributed by atoms with E-state index in [1.165, 1.54) is 36.9 Å². The number of carbonyl (C=O) groups excluding carboxylic acids is 1. The number of halogens is 3. The molecule has 0 fully saturated rings. The van der Waals surface area contributed by atoms with Gasteiger partial charge in [0.25, 0.3) is 5.91 Å². The molecule has 1 amide bonds. The van der Waals surface area contributed by atoms with Crippen LogP contribution in [0.2, 0.25) is 0 Å². The summed E-state index contributed by atoms with van der Waals surface area (Å²) in [7, 11) is 0. The van der Waals surface area contributed by atoms with E-state index in [1.54, 1.807) is 10.6 Å². The second kappa shape index (κ2) is 7.58. The number of carbonyl (C=O) groups is 1. The van der Waals surface area contributed by atoms with E-state index in [2.05, 4.69) is 15.3 Å². The summed E-state index contributed by atoms with van der Waals surface area (Å²) < 4.78 is 39.9. The lowest BCUT2D eigenvalue weighted by atomic mass is 10.1. The lowest BCUT2D eigenvalue weighted by Gasteiger charge is -2.09. The summed E-state index contributed by atoms with van der Waals surface area (Å²) in [6.45, 7) is -0.0403. The molecular weight excluding hydrogens is 361 g/mol. The summed E-state index contributed by atoms with van der Waals surface area (Å²) in [5.74, 6) is -0.172. The van der Waals surface area contributed by atoms with Crippen LogP contribution in [0.3, 0.4) is 0 Å². The Morgan fingerprint density at radius 1 is 1.19 bits per heavy atom. The van der Waals surface area contributed by atoms with Crippen LogP contribution in [-0.2, 0) is 19.3 Å². The number of imidazole rings is 1. The molecule has 140 valence electrons. The number of pyridine rings is 1. The monoisotopic (exact) mass is 376 g/mol. The van der Waals surface area contributed by atoms with E-state index in [9.17, 15) is 18.0 Å². The van der Waals surface area contributed by atoms with Crippen LogP contribution in [0.15, 0.2) is 55.1 Å². The van der Waals surface area contributed by atoms with Crippen molar-refractivity contribution in [2.75, 3.05) is 5.32 Å². The number of hydrogen-bond donors (Lipinski definition) is 2. The van der Waals surface area contributed by atoms with E-state index in [4.69, 9.17) is 5.11 Å². The van der Waals surface area contributed by atoms with E-state index >= 15 is 0 Å². The van der Waals surface area contributed by atoms with Crippen molar-refractivity contribution in [3.63, 3.8) is 0 Å². The van der Waals surface area contributed by atoms with Crippen LogP contribution in [-0.4, -0.2) is 25.5 Å². The standard InChI is InChI=1S/C18H15F3N4O2/c19-18(20,21)14-3-1-2-12(6-14)8-25-9-16(23-11-25)24-17(27)13-4-5-15(10-26)22-7-13/h1-7,9,11,26H,8,10H2,(H,24,27). The first-order valence-electron chi connectivity index (χ1n) is 7.90. The molecular formula is C18H15F3N4O2. The Bertz CT molecular complexity index is 936. The molecule has 1 aromatic carbocycles. The van der Waals surface area contributed by atoms with Crippen molar-refractivity contribution in [2.24, 2.45) is 0 Å². The molecule has 27 heavy (non-hydrogen) atoms. The Hall–Kier alpha value is -3.20. The van der Waals surface area contributed by atoms with Crippen molar-refractivity contribution in [1.29, 1.82) is 0 Å². The highest BCUT2D eigenvalue weighted by atomic mass is 19.4. The minimum absolute atomic E-state index is 0.180. The van der Waals surface area contributed by atoms with Gasteiger partial charge in [-0.25, -0.2) is 4.98 Å². The first-order valence-corrected chi connectivity index (χ1v) is 7.90. The zero-order valence-electron chi connectivity index (χ0n) is 13.9. The van der Waals surface area contributed by atoms with Crippen LogP contribution in [0, 0.1) is 0 Å². The van der Waals surface area contributed by atoms with Gasteiger partial charge < -0.3 is 15.0 Å². The largest absolute Gasteiger partial charge is 0.416 e. The molecule has 6 nitrogen and oxygen atoms in total. The van der Waals surface area contributed by atoms with Gasteiger partial charge in [0, 0.05) is 18.9 Å². The summed E-state index contributed by atoms with van der Waals surface area (Å²) in [4.78, 5) is 20.1. The Morgan fingerprint density at radius 2 is 2.00 bits per heavy atom. The molecule has 2 heterocycles. The first-order chi connectivity index (χ1) is 12.8. The van der Waals surface area contributed by atoms with Gasteiger partial charge in [-0.05, 0) is 29.8 Å². The number of aliphatic hydroxyl groups excluding tert-OH is 1. The number of anilines is 1. The lowest BCUT2D eigenvalue weighted by Crippen LogP contribution is -2.12. The van der Waals surface area contributed by atoms with Crippen LogP contribution in [0.25, 0.3) is 0 Å². The SMILES string of the molecule is O=C(Nc1cn(Cc2cccc(C(F)(F)F)c2)cn1)c1ccc(CO)nc1. The molecule has 0 saturated heterocycles. The van der Waals surface area contributed by atoms with E-state index < -0.39 is 17.6 Å². The third kappa shape index (κ3) is 4.70. The summed E-state index contributed by atoms with van der Waals surface area (Å²) in [5.41, 5.74) is 0.480. The normalized spacial score (nSPS) is 11.4. The quantitative estimate of drug-likeness (QED) is 0.717. The van der Waals surface area contributed by atoms with Gasteiger partial charge in [0.1, 0.15) is 0 Å². The van der Waals surface area contributed by atoms with Crippen molar-refractivity contribution in [3.8, 4) is 0 Å². The van der Waals surface area contributed by atoms with Crippen molar-refractivity contribution < 1.29 is 23.1 Å². The topological polar surface area (TPSA) is 80.0 Å². The molecule has 0 atom stereocenters. The molecule has 2 aromatic heterocycles. The van der Waals surface area contributed by atoms with Gasteiger partial charge in [-0.2, -0.15) is 13.2 Å². The number of rotatable bonds is 5. The lowest BCUT2D eigenvalue weighted by molar-refractivity contribution is -0.137. The van der Waals surface area contributed by atoms with Gasteiger partial charge in [-0.15, -0.1) is 0 Å². The minimum atomic E-state index is -4.40. The maximum absolute atomic E-state index is 12.8. The molecule has 3 aromatic rings. The van der Waals surface area contributed by atoms with E-state index in [0.29, 0.717) is 16.8 Å². The third-order valence-corrected chi connectivity index (χ3v) is 3.74. The smallest absolute Gasteiger partial charge is 0.390 e. The van der Waals surface area contributed by atoms with Gasteiger partial charge in [0.2, 0.25) is 0 Å². The molecule has 0 spiro atoms. The minimum Gasteiger partial charge on any atom is -0.390 e. The first kappa shape index (κ1) is 18.6. The maximum atomic E-state index is 12.8. The summed E-state index contributed by atoms with van der Waals surface area (Å²) in [6, 6.07) is 8.07. The van der Waals surface area contributed by atoms with Gasteiger partial charge in [0.15, 0.2) is 5.82 Å². The molecule has 0 aliphatic carbocycles. The highest BCUT2D eigenvalue weighted by Gasteiger charge is 2.30. The fraction of sp³-hybridized carbons (Fsp3) is 0.167. The summed E-state index contributed by atoms with van der Waals surface area (Å²) in [6.07, 6.45) is -0.124. The molecule has 2 N–H and O–H groups in total. The van der Waals surface area contributed by atoms with Crippen LogP contribution in [0.4, 0.5) is 19.0 Å². The number of nitrogens with one attached hydrogen (secondary N) is 1. The molecule has 0 aliphatic heterocycles. The highest BCUT2D eigenvalue weighted by Crippen LogP contribution is 2.29. The van der Waals surface area contributed by atoms with Crippen LogP contribution in [0.5, 0.6) is 0 Å². The van der Waals surface area contributed by atoms with Crippen LogP contribution >= 0.6 is 0 Å². The number of alkyl halides is 3. The van der Waals surface area contributed by atoms with E-state index in [1.807, 2.05) is 0 Å². The zero-order chi connectivity index (χ0) is 19.4. The Labute approximate surface area is 152 Å². The number of nitrogens with zero attached hydrogens (tertiary/aromatic N) is 3. The molecule has 3 rings (SSSR count). The van der Waals surface area contributed by atoms with Crippen molar-refractivity contribution in [1.82, 2.24) is 14.5 Å². The average Bonchev–Trinajstić information content (AvgIpc) is 3.08. The average molecular weight is 376 g/mol. The Morgan fingerprint density at radius 3 is 2.67 bits per heavy atom. The highest BCUT2D eigenvalue weighted by molar-refractivity contribution is 6.03. The van der Waals surface area contributed by atoms with Crippen molar-refractivity contribution in [2.45, 2.75) is 19.3 Å². The van der Waals surface area contributed by atoms with Gasteiger partial charge >= 0.3 is 6.18 Å². The molecule has 0 aliphatic rings. The van der Waals surface area contributed by atoms with Crippen LogP contribution in [0.1, 0.15) is 27.2 Å². The maximum Gasteiger partial charge on any atom is 0.416 e. The van der Waals surface area contributed by atoms with Gasteiger partial charge in [-0.3, -0.25) is 9.78 Å². The van der Waals surface area contributed by atoms with Gasteiger partial charge in [0.05, 0.1) is 29.8 Å². The summed E-state index contributed by atoms with van der Waals surface area (Å²) >= 11 is 0. The second-order valence-electron chi connectivity index (χ2n) is 5.78. The number of benzene rings is 1. The molecule has 0 bridgehead atoms. The predicted octanol–water partition coefficient (Wildman–Crippen LogP) is 3.09. The number of aromatic nitrogens is 3. The van der Waals surface area contributed by atoms with Crippen molar-refractivity contribution >= 4 is 11.7 Å². The molecule has 0 radical (unpaired) electrons. The Balaban J connectivity index is 1.67. The zero-order valence-corrected chi connectivity index (χ0v) is 13.9. The number of hydrogen-bond acceptors (Lipinski definition) is 4. The second-order valence-corrected chi connectivity index (χ2v) is 5.78. The third-order valence-electron chi connectivity index (χ3n) is 3.74. The predicted molar refractivity (Wildman–Crippen MR) is 90.9 cm³/mol. The fourth-order valence-electron chi connectivity index (χ4n) is 2.41. The summed E-state index contributed by atoms with van der Waals surface area (Å²) in [5, 5.41) is 11.5. The van der Waals surface area contributed by atoms with E-state index in [0.717, 1.165) is 12.1 Å². The molecule has 0 unspecified atom stereocenters. The Kier molecular flexibility index (Phi) is 5.22. The number of amides is 1. The number of aliphatic hydroxyl groups is 1. The van der Waals surface area contributed by atoms with Crippen LogP contribution < -0.4 is 5.32 Å². The fourth-order valence-corrected chi connectivity index (χ4v) is 2.41. The van der Waals surface area contributed by atoms with Crippen molar-refractivity contribution in [3.05, 3.63) is 77.5 Å². The molecule has 9 heteroatoms. The molecule has 0 saturated carbocycles. The van der Waals surface area contributed by atoms with Gasteiger partial charge in [-0.1, -0.05) is 12.1 Å². The van der Waals surface area contributed by atoms with E-state index in [-0.39, 0.29) is 19.0 Å².